The summed E-state index contributed by atoms with van der Waals surface area (Å²) in [6.07, 6.45) is 6.46. The Morgan fingerprint density at radius 1 is 1.11 bits per heavy atom. The fourth-order valence-electron chi connectivity index (χ4n) is 5.73. The number of aryl methyl sites for hydroxylation is 1. The van der Waals surface area contributed by atoms with Crippen LogP contribution in [0.25, 0.3) is 11.0 Å². The second-order valence-electron chi connectivity index (χ2n) is 12.6. The van der Waals surface area contributed by atoms with Crippen LogP contribution in [-0.4, -0.2) is 71.9 Å². The van der Waals surface area contributed by atoms with Gasteiger partial charge in [0.25, 0.3) is 5.56 Å². The van der Waals surface area contributed by atoms with Crippen molar-refractivity contribution in [2.45, 2.75) is 88.9 Å². The third-order valence-electron chi connectivity index (χ3n) is 8.02. The van der Waals surface area contributed by atoms with Gasteiger partial charge in [-0.05, 0) is 83.2 Å². The van der Waals surface area contributed by atoms with Crippen molar-refractivity contribution >= 4 is 50.4 Å². The Hall–Kier alpha value is -3.26. The van der Waals surface area contributed by atoms with E-state index < -0.39 is 15.6 Å². The molecule has 14 heteroatoms. The quantitative estimate of drug-likeness (QED) is 0.292. The van der Waals surface area contributed by atoms with Gasteiger partial charge in [-0.3, -0.25) is 9.36 Å². The summed E-state index contributed by atoms with van der Waals surface area (Å²) in [5.41, 5.74) is 1.04. The fourth-order valence-corrected chi connectivity index (χ4v) is 7.03. The number of carbonyl (C=O) groups is 1. The lowest BCUT2D eigenvalue weighted by molar-refractivity contribution is -0.00980. The summed E-state index contributed by atoms with van der Waals surface area (Å²) >= 11 is 6.24. The molecule has 0 spiro atoms. The van der Waals surface area contributed by atoms with Crippen LogP contribution in [0.1, 0.15) is 70.9 Å². The highest BCUT2D eigenvalue weighted by molar-refractivity contribution is 7.89. The summed E-state index contributed by atoms with van der Waals surface area (Å²) in [7, 11) is -3.77. The van der Waals surface area contributed by atoms with Crippen molar-refractivity contribution in [1.29, 1.82) is 0 Å². The van der Waals surface area contributed by atoms with E-state index in [9.17, 15) is 18.0 Å². The third-order valence-corrected chi connectivity index (χ3v) is 9.74. The molecule has 3 heterocycles. The minimum Gasteiger partial charge on any atom is -0.444 e. The maximum atomic E-state index is 13.0. The Labute approximate surface area is 268 Å². The second kappa shape index (κ2) is 13.6. The van der Waals surface area contributed by atoms with Crippen molar-refractivity contribution in [1.82, 2.24) is 24.2 Å². The highest BCUT2D eigenvalue weighted by Crippen LogP contribution is 2.31. The van der Waals surface area contributed by atoms with Gasteiger partial charge in [0.1, 0.15) is 16.3 Å². The van der Waals surface area contributed by atoms with Crippen molar-refractivity contribution < 1.29 is 22.7 Å². The van der Waals surface area contributed by atoms with Gasteiger partial charge in [-0.2, -0.15) is 4.98 Å². The Morgan fingerprint density at radius 2 is 1.82 bits per heavy atom. The first-order chi connectivity index (χ1) is 21.3. The summed E-state index contributed by atoms with van der Waals surface area (Å²) in [6, 6.07) is 6.39. The predicted octanol–water partition coefficient (Wildman–Crippen LogP) is 5.31. The van der Waals surface area contributed by atoms with Gasteiger partial charge < -0.3 is 19.7 Å². The highest BCUT2D eigenvalue weighted by Gasteiger charge is 2.27. The number of halogens is 1. The molecule has 1 aliphatic heterocycles. The molecule has 1 saturated carbocycles. The van der Waals surface area contributed by atoms with Gasteiger partial charge in [0.15, 0.2) is 0 Å². The summed E-state index contributed by atoms with van der Waals surface area (Å²) in [5, 5.41) is 3.99. The molecule has 0 atom stereocenters. The van der Waals surface area contributed by atoms with Gasteiger partial charge in [-0.15, -0.1) is 0 Å². The van der Waals surface area contributed by atoms with Crippen molar-refractivity contribution in [2.75, 3.05) is 31.6 Å². The molecule has 244 valence electrons. The molecule has 2 aromatic heterocycles. The van der Waals surface area contributed by atoms with E-state index in [2.05, 4.69) is 20.0 Å². The molecule has 2 N–H and O–H groups in total. The lowest BCUT2D eigenvalue weighted by Crippen LogP contribution is -2.43. The van der Waals surface area contributed by atoms with Crippen molar-refractivity contribution in [3.05, 3.63) is 51.4 Å². The number of anilines is 2. The zero-order chi connectivity index (χ0) is 32.4. The SMILES string of the molecule is Cc1cc(S(=O)(=O)NCCOC2CCN(C(=O)OC(C)(C)C)CC2)ccc1Nc1ncc2cc(Cl)c(=O)n(C3CCCC3)c2n1. The average molecular weight is 661 g/mol. The van der Waals surface area contributed by atoms with Crippen LogP contribution in [0.15, 0.2) is 40.2 Å². The number of pyridine rings is 1. The number of amides is 1. The minimum absolute atomic E-state index is 0.0442. The topological polar surface area (TPSA) is 145 Å². The molecule has 0 unspecified atom stereocenters. The van der Waals surface area contributed by atoms with Crippen molar-refractivity contribution in [3.63, 3.8) is 0 Å². The first kappa shape index (κ1) is 33.1. The Bertz CT molecular complexity index is 1710. The van der Waals surface area contributed by atoms with E-state index in [1.165, 1.54) is 6.07 Å². The lowest BCUT2D eigenvalue weighted by Gasteiger charge is -2.33. The lowest BCUT2D eigenvalue weighted by atomic mass is 10.1. The second-order valence-corrected chi connectivity index (χ2v) is 14.8. The minimum atomic E-state index is -3.77. The summed E-state index contributed by atoms with van der Waals surface area (Å²) < 4.78 is 41.6. The molecule has 1 aromatic carbocycles. The molecule has 1 aliphatic carbocycles. The molecule has 1 saturated heterocycles. The number of aromatic nitrogens is 3. The van der Waals surface area contributed by atoms with Crippen LogP contribution in [-0.2, 0) is 19.5 Å². The number of nitrogens with zero attached hydrogens (tertiary/aromatic N) is 4. The molecular formula is C31H41ClN6O6S. The zero-order valence-corrected chi connectivity index (χ0v) is 27.7. The number of hydrogen-bond donors (Lipinski definition) is 2. The van der Waals surface area contributed by atoms with Gasteiger partial charge in [-0.1, -0.05) is 24.4 Å². The van der Waals surface area contributed by atoms with Gasteiger partial charge in [0, 0.05) is 42.9 Å². The number of ether oxygens (including phenoxy) is 2. The summed E-state index contributed by atoms with van der Waals surface area (Å²) in [6.45, 7) is 8.70. The maximum absolute atomic E-state index is 13.0. The van der Waals surface area contributed by atoms with Crippen LogP contribution in [0.4, 0.5) is 16.4 Å². The highest BCUT2D eigenvalue weighted by atomic mass is 35.5. The number of carbonyl (C=O) groups excluding carboxylic acids is 1. The van der Waals surface area contributed by atoms with Gasteiger partial charge in [0.05, 0.1) is 17.6 Å². The van der Waals surface area contributed by atoms with E-state index in [1.807, 2.05) is 20.8 Å². The predicted molar refractivity (Wildman–Crippen MR) is 173 cm³/mol. The van der Waals surface area contributed by atoms with Crippen LogP contribution < -0.4 is 15.6 Å². The maximum Gasteiger partial charge on any atom is 0.410 e. The van der Waals surface area contributed by atoms with E-state index in [-0.39, 0.29) is 46.9 Å². The number of rotatable bonds is 9. The number of benzene rings is 1. The van der Waals surface area contributed by atoms with Crippen LogP contribution >= 0.6 is 11.6 Å². The van der Waals surface area contributed by atoms with E-state index in [0.717, 1.165) is 25.7 Å². The molecule has 2 fully saturated rings. The van der Waals surface area contributed by atoms with E-state index in [1.54, 1.807) is 40.8 Å². The van der Waals surface area contributed by atoms with E-state index in [4.69, 9.17) is 21.1 Å². The number of fused-ring (bicyclic) bond motifs is 1. The van der Waals surface area contributed by atoms with Crippen LogP contribution in [0.2, 0.25) is 5.02 Å². The fraction of sp³-hybridized carbons (Fsp3) is 0.548. The molecule has 0 bridgehead atoms. The molecule has 3 aromatic rings. The molecular weight excluding hydrogens is 620 g/mol. The Balaban J connectivity index is 1.16. The monoisotopic (exact) mass is 660 g/mol. The van der Waals surface area contributed by atoms with E-state index in [0.29, 0.717) is 54.2 Å². The van der Waals surface area contributed by atoms with Gasteiger partial charge in [-0.25, -0.2) is 22.9 Å². The largest absolute Gasteiger partial charge is 0.444 e. The van der Waals surface area contributed by atoms with Crippen LogP contribution in [0.5, 0.6) is 0 Å². The molecule has 1 amide bonds. The molecule has 45 heavy (non-hydrogen) atoms. The summed E-state index contributed by atoms with van der Waals surface area (Å²) in [5.74, 6) is 0.293. The van der Waals surface area contributed by atoms with Gasteiger partial charge >= 0.3 is 6.09 Å². The summed E-state index contributed by atoms with van der Waals surface area (Å²) in [4.78, 5) is 36.0. The Morgan fingerprint density at radius 3 is 2.49 bits per heavy atom. The Kier molecular flexibility index (Phi) is 10.0. The molecule has 0 radical (unpaired) electrons. The number of sulfonamides is 1. The van der Waals surface area contributed by atoms with Crippen molar-refractivity contribution in [3.8, 4) is 0 Å². The smallest absolute Gasteiger partial charge is 0.410 e. The van der Waals surface area contributed by atoms with Crippen LogP contribution in [0.3, 0.4) is 0 Å². The molecule has 5 rings (SSSR count). The number of nitrogens with one attached hydrogen (secondary N) is 2. The first-order valence-corrected chi connectivity index (χ1v) is 17.2. The zero-order valence-electron chi connectivity index (χ0n) is 26.1. The van der Waals surface area contributed by atoms with Crippen LogP contribution in [0, 0.1) is 6.92 Å². The standard InChI is InChI=1S/C31H41ClN6O6S/c1-20-17-24(45(41,42)34-13-16-43-23-11-14-37(15-12-23)30(40)44-31(2,3)4)9-10-26(20)35-29-33-19-21-18-25(32)28(39)38(27(21)36-29)22-7-5-6-8-22/h9-10,17-19,22-23,34H,5-8,11-16H2,1-4H3,(H,33,35,36). The van der Waals surface area contributed by atoms with Crippen molar-refractivity contribution in [2.24, 2.45) is 0 Å². The first-order valence-electron chi connectivity index (χ1n) is 15.4. The normalized spacial score (nSPS) is 16.8. The molecule has 2 aliphatic rings. The number of hydrogen-bond acceptors (Lipinski definition) is 9. The third kappa shape index (κ3) is 8.13. The van der Waals surface area contributed by atoms with E-state index >= 15 is 0 Å². The number of piperidine rings is 1. The molecule has 12 nitrogen and oxygen atoms in total. The average Bonchev–Trinajstić information content (AvgIpc) is 3.51. The number of likely N-dealkylation sites (tertiary alicyclic amines) is 1. The van der Waals surface area contributed by atoms with Gasteiger partial charge in [0.2, 0.25) is 16.0 Å².